The molecule has 0 bridgehead atoms. The number of amides is 2. The maximum absolute atomic E-state index is 13.5. The van der Waals surface area contributed by atoms with Gasteiger partial charge in [-0.25, -0.2) is 4.39 Å². The molecule has 2 amide bonds. The Morgan fingerprint density at radius 1 is 1.06 bits per heavy atom. The minimum Gasteiger partial charge on any atom is -0.484 e. The Hall–Kier alpha value is -2.64. The number of carbonyl (C=O) groups excluding carboxylic acids is 2. The maximum atomic E-state index is 13.5. The van der Waals surface area contributed by atoms with Crippen molar-refractivity contribution in [3.63, 3.8) is 0 Å². The number of hydrogen-bond acceptors (Lipinski definition) is 4. The summed E-state index contributed by atoms with van der Waals surface area (Å²) in [6.07, 6.45) is 4.34. The minimum absolute atomic E-state index is 0.0120. The fourth-order valence-corrected chi connectivity index (χ4v) is 5.03. The van der Waals surface area contributed by atoms with Crippen molar-refractivity contribution in [3.05, 3.63) is 64.9 Å². The van der Waals surface area contributed by atoms with Gasteiger partial charge >= 0.3 is 0 Å². The Labute approximate surface area is 205 Å². The highest BCUT2D eigenvalue weighted by molar-refractivity contribution is 6.30. The van der Waals surface area contributed by atoms with Gasteiger partial charge in [-0.15, -0.1) is 0 Å². The molecule has 2 aromatic carbocycles. The lowest BCUT2D eigenvalue weighted by molar-refractivity contribution is -0.137. The average molecular weight is 488 g/mol. The molecule has 1 aliphatic carbocycles. The number of nitrogens with zero attached hydrogens (tertiary/aromatic N) is 2. The van der Waals surface area contributed by atoms with E-state index in [0.717, 1.165) is 31.2 Å². The molecule has 2 aromatic rings. The number of piperazine rings is 1. The molecule has 0 spiro atoms. The predicted octanol–water partition coefficient (Wildman–Crippen LogP) is 3.88. The van der Waals surface area contributed by atoms with E-state index in [0.29, 0.717) is 49.4 Å². The number of hydrogen-bond donors (Lipinski definition) is 1. The first-order valence-electron chi connectivity index (χ1n) is 11.9. The van der Waals surface area contributed by atoms with Gasteiger partial charge in [0, 0.05) is 37.7 Å². The zero-order valence-electron chi connectivity index (χ0n) is 19.2. The summed E-state index contributed by atoms with van der Waals surface area (Å²) in [7, 11) is 0. The number of ether oxygens (including phenoxy) is 1. The van der Waals surface area contributed by atoms with Crippen molar-refractivity contribution in [2.45, 2.75) is 38.3 Å². The Kier molecular flexibility index (Phi) is 8.40. The van der Waals surface area contributed by atoms with Crippen LogP contribution in [0, 0.1) is 11.7 Å². The SMILES string of the molecule is O=C(NCc1cccc(F)c1)[C@@H](C1CCCC1)N1CCN(C(=O)COc2ccc(Cl)cc2)CC1. The van der Waals surface area contributed by atoms with E-state index in [4.69, 9.17) is 16.3 Å². The van der Waals surface area contributed by atoms with Crippen LogP contribution in [0.4, 0.5) is 4.39 Å². The van der Waals surface area contributed by atoms with Crippen molar-refractivity contribution in [2.75, 3.05) is 32.8 Å². The lowest BCUT2D eigenvalue weighted by Gasteiger charge is -2.40. The van der Waals surface area contributed by atoms with Crippen molar-refractivity contribution in [3.8, 4) is 5.75 Å². The van der Waals surface area contributed by atoms with Crippen LogP contribution in [-0.2, 0) is 16.1 Å². The molecule has 1 saturated heterocycles. The third-order valence-electron chi connectivity index (χ3n) is 6.71. The lowest BCUT2D eigenvalue weighted by Crippen LogP contribution is -2.58. The quantitative estimate of drug-likeness (QED) is 0.614. The van der Waals surface area contributed by atoms with Gasteiger partial charge in [0.05, 0.1) is 6.04 Å². The van der Waals surface area contributed by atoms with E-state index in [1.165, 1.54) is 12.1 Å². The normalized spacial score (nSPS) is 18.0. The molecule has 1 saturated carbocycles. The summed E-state index contributed by atoms with van der Waals surface area (Å²) >= 11 is 5.88. The van der Waals surface area contributed by atoms with Gasteiger partial charge in [-0.1, -0.05) is 36.6 Å². The molecule has 1 aliphatic heterocycles. The molecule has 8 heteroatoms. The molecular weight excluding hydrogens is 457 g/mol. The van der Waals surface area contributed by atoms with E-state index in [9.17, 15) is 14.0 Å². The predicted molar refractivity (Wildman–Crippen MR) is 129 cm³/mol. The highest BCUT2D eigenvalue weighted by Crippen LogP contribution is 2.31. The monoisotopic (exact) mass is 487 g/mol. The maximum Gasteiger partial charge on any atom is 0.260 e. The van der Waals surface area contributed by atoms with Gasteiger partial charge in [-0.3, -0.25) is 14.5 Å². The zero-order valence-corrected chi connectivity index (χ0v) is 20.0. The van der Waals surface area contributed by atoms with Crippen LogP contribution < -0.4 is 10.1 Å². The molecule has 2 fully saturated rings. The molecule has 34 heavy (non-hydrogen) atoms. The van der Waals surface area contributed by atoms with Crippen LogP contribution in [0.1, 0.15) is 31.2 Å². The van der Waals surface area contributed by atoms with E-state index >= 15 is 0 Å². The molecule has 182 valence electrons. The van der Waals surface area contributed by atoms with E-state index in [2.05, 4.69) is 10.2 Å². The van der Waals surface area contributed by atoms with Gasteiger partial charge in [-0.05, 0) is 60.7 Å². The zero-order chi connectivity index (χ0) is 23.9. The standard InChI is InChI=1S/C26H31ClFN3O3/c27-21-8-10-23(11-9-21)34-18-24(32)30-12-14-31(15-13-30)25(20-5-1-2-6-20)26(33)29-17-19-4-3-7-22(28)16-19/h3-4,7-11,16,20,25H,1-2,5-6,12-15,17-18H2,(H,29,33)/t25-/m1/s1. The van der Waals surface area contributed by atoms with Crippen LogP contribution in [0.25, 0.3) is 0 Å². The molecule has 0 unspecified atom stereocenters. The fraction of sp³-hybridized carbons (Fsp3) is 0.462. The second kappa shape index (κ2) is 11.7. The van der Waals surface area contributed by atoms with Crippen LogP contribution in [0.3, 0.4) is 0 Å². The molecule has 0 aromatic heterocycles. The molecule has 1 heterocycles. The van der Waals surface area contributed by atoms with Gasteiger partial charge in [0.25, 0.3) is 5.91 Å². The van der Waals surface area contributed by atoms with Crippen molar-refractivity contribution < 1.29 is 18.7 Å². The first-order chi connectivity index (χ1) is 16.5. The summed E-state index contributed by atoms with van der Waals surface area (Å²) in [5.74, 6) is 0.528. The van der Waals surface area contributed by atoms with E-state index < -0.39 is 0 Å². The molecule has 0 radical (unpaired) electrons. The topological polar surface area (TPSA) is 61.9 Å². The second-order valence-corrected chi connectivity index (χ2v) is 9.43. The van der Waals surface area contributed by atoms with Gasteiger partial charge < -0.3 is 15.0 Å². The van der Waals surface area contributed by atoms with Gasteiger partial charge in [-0.2, -0.15) is 0 Å². The second-order valence-electron chi connectivity index (χ2n) is 9.00. The van der Waals surface area contributed by atoms with Crippen LogP contribution >= 0.6 is 11.6 Å². The van der Waals surface area contributed by atoms with Crippen LogP contribution in [0.2, 0.25) is 5.02 Å². The number of benzene rings is 2. The third-order valence-corrected chi connectivity index (χ3v) is 6.96. The number of nitrogens with one attached hydrogen (secondary N) is 1. The summed E-state index contributed by atoms with van der Waals surface area (Å²) in [5, 5.41) is 3.64. The molecule has 2 aliphatic rings. The summed E-state index contributed by atoms with van der Waals surface area (Å²) in [5.41, 5.74) is 0.745. The molecule has 1 atom stereocenters. The number of rotatable bonds is 8. The van der Waals surface area contributed by atoms with Crippen molar-refractivity contribution in [1.82, 2.24) is 15.1 Å². The van der Waals surface area contributed by atoms with E-state index in [-0.39, 0.29) is 30.3 Å². The van der Waals surface area contributed by atoms with Gasteiger partial charge in [0.15, 0.2) is 6.61 Å². The first kappa shape index (κ1) is 24.5. The average Bonchev–Trinajstić information content (AvgIpc) is 3.37. The summed E-state index contributed by atoms with van der Waals surface area (Å²) in [4.78, 5) is 29.9. The first-order valence-corrected chi connectivity index (χ1v) is 12.3. The Balaban J connectivity index is 1.31. The van der Waals surface area contributed by atoms with Gasteiger partial charge in [0.1, 0.15) is 11.6 Å². The smallest absolute Gasteiger partial charge is 0.260 e. The van der Waals surface area contributed by atoms with E-state index in [1.54, 1.807) is 35.2 Å². The third kappa shape index (κ3) is 6.48. The van der Waals surface area contributed by atoms with Crippen molar-refractivity contribution in [1.29, 1.82) is 0 Å². The van der Waals surface area contributed by atoms with Crippen molar-refractivity contribution in [2.24, 2.45) is 5.92 Å². The molecular formula is C26H31ClFN3O3. The Morgan fingerprint density at radius 2 is 1.76 bits per heavy atom. The molecule has 1 N–H and O–H groups in total. The van der Waals surface area contributed by atoms with Crippen LogP contribution in [0.5, 0.6) is 5.75 Å². The van der Waals surface area contributed by atoms with Crippen molar-refractivity contribution >= 4 is 23.4 Å². The lowest BCUT2D eigenvalue weighted by atomic mass is 9.95. The Morgan fingerprint density at radius 3 is 2.44 bits per heavy atom. The molecule has 4 rings (SSSR count). The molecule has 6 nitrogen and oxygen atoms in total. The summed E-state index contributed by atoms with van der Waals surface area (Å²) in [6, 6.07) is 13.0. The Bertz CT molecular complexity index is 974. The highest BCUT2D eigenvalue weighted by Gasteiger charge is 2.37. The van der Waals surface area contributed by atoms with E-state index in [1.807, 2.05) is 6.07 Å². The van der Waals surface area contributed by atoms with Crippen LogP contribution in [-0.4, -0.2) is 60.4 Å². The highest BCUT2D eigenvalue weighted by atomic mass is 35.5. The summed E-state index contributed by atoms with van der Waals surface area (Å²) in [6.45, 7) is 2.68. The number of halogens is 2. The van der Waals surface area contributed by atoms with Crippen LogP contribution in [0.15, 0.2) is 48.5 Å². The minimum atomic E-state index is -0.306. The number of carbonyl (C=O) groups is 2. The van der Waals surface area contributed by atoms with Gasteiger partial charge in [0.2, 0.25) is 5.91 Å². The fourth-order valence-electron chi connectivity index (χ4n) is 4.91. The summed E-state index contributed by atoms with van der Waals surface area (Å²) < 4.78 is 19.1. The largest absolute Gasteiger partial charge is 0.484 e.